The van der Waals surface area contributed by atoms with E-state index in [1.165, 1.54) is 84.7 Å². The van der Waals surface area contributed by atoms with Crippen molar-refractivity contribution in [3.63, 3.8) is 0 Å². The summed E-state index contributed by atoms with van der Waals surface area (Å²) >= 11 is 8.06. The molecule has 2 aliphatic carbocycles. The van der Waals surface area contributed by atoms with Crippen LogP contribution in [-0.4, -0.2) is 41.4 Å². The highest BCUT2D eigenvalue weighted by molar-refractivity contribution is 8.03. The second-order valence-electron chi connectivity index (χ2n) is 35.3. The Morgan fingerprint density at radius 2 is 0.602 bits per heavy atom. The van der Waals surface area contributed by atoms with Crippen molar-refractivity contribution in [1.82, 2.24) is 0 Å². The molecule has 4 nitrogen and oxygen atoms in total. The van der Waals surface area contributed by atoms with Gasteiger partial charge in [0.05, 0.1) is 11.1 Å². The van der Waals surface area contributed by atoms with E-state index in [1.54, 1.807) is 0 Å². The summed E-state index contributed by atoms with van der Waals surface area (Å²) in [4.78, 5) is 0. The van der Waals surface area contributed by atoms with E-state index < -0.39 is 5.41 Å². The molecule has 6 aromatic carbocycles. The first-order valence-corrected chi connectivity index (χ1v) is 41.0. The lowest BCUT2D eigenvalue weighted by atomic mass is 9.70. The van der Waals surface area contributed by atoms with Crippen molar-refractivity contribution < 1.29 is 20.4 Å². The molecule has 0 bridgehead atoms. The van der Waals surface area contributed by atoms with E-state index in [4.69, 9.17) is 0 Å². The fraction of sp³-hybridized carbons (Fsp3) is 0.556. The van der Waals surface area contributed by atoms with E-state index >= 15 is 0 Å². The van der Waals surface area contributed by atoms with Crippen LogP contribution in [0.1, 0.15) is 306 Å². The van der Waals surface area contributed by atoms with Gasteiger partial charge in [-0.15, -0.1) is 0 Å². The molecule has 4 N–H and O–H groups in total. The summed E-state index contributed by atoms with van der Waals surface area (Å²) in [6.07, 6.45) is 16.0. The van der Waals surface area contributed by atoms with Gasteiger partial charge in [0.15, 0.2) is 0 Å². The highest BCUT2D eigenvalue weighted by Gasteiger charge is 2.36. The standard InChI is InChI=1S/C90H122O4S4/c1-83(2,3)45-43-61-49-69(85(7,8)9)51-63(79(61)91)57-95-75-39-31-21-22-32-40-76(75)96-58-64-53-71(50-62(80(64)92)44-46-84(4,5)6)87(13,14)47-48-88(15,16)72-54-66(82(94)74(56-72)90(19,20)68-37-29-26-30-38-68)60-98-78-42-34-24-23-33-41-77(78)97-59-65-52-70(86(10,11)12)55-73(81(65)93)89(17,18)67-35-27-25-28-36-67/h25-30,35-38,49-56,75-78,91-94H,21-24,31-34,39-42,47-48,57-60H2,1-20H3/t75-,76?,77?,78-/m0/s1. The molecule has 8 rings (SSSR count). The van der Waals surface area contributed by atoms with Gasteiger partial charge in [0.1, 0.15) is 23.0 Å². The number of hydrogen-bond acceptors (Lipinski definition) is 8. The number of thioether (sulfide) groups is 4. The SMILES string of the molecule is CC(C)(C)C#Cc1cc(C(C)(C)CCC(C)(C)c2cc(CS[C@H]3CCCCCCC3SCc3cc(C(C)(C)C)cc(C(C)(C)c4ccccc4)c3O)c(O)c(C(C)(C)c3ccccc3)c2)cc(CSC2CCCCCC[C@@H]2SCc2cc(C(C)(C)C)cc(C#CC(C)(C)C)c2O)c1O. The number of benzene rings is 6. The maximum absolute atomic E-state index is 12.8. The molecule has 0 aromatic heterocycles. The van der Waals surface area contributed by atoms with Crippen LogP contribution in [0.5, 0.6) is 23.0 Å². The third kappa shape index (κ3) is 20.9. The van der Waals surface area contributed by atoms with E-state index in [-0.39, 0.29) is 37.9 Å². The predicted molar refractivity (Wildman–Crippen MR) is 431 cm³/mol. The van der Waals surface area contributed by atoms with Crippen molar-refractivity contribution in [2.45, 2.75) is 305 Å². The van der Waals surface area contributed by atoms with Gasteiger partial charge in [-0.25, -0.2) is 0 Å². The number of aromatic hydroxyl groups is 4. The molecule has 0 aliphatic heterocycles. The Bertz CT molecular complexity index is 3780. The Balaban J connectivity index is 1.07. The monoisotopic (exact) mass is 1390 g/mol. The summed E-state index contributed by atoms with van der Waals surface area (Å²) < 4.78 is 0. The van der Waals surface area contributed by atoms with Crippen molar-refractivity contribution in [3.8, 4) is 46.7 Å². The fourth-order valence-corrected chi connectivity index (χ4v) is 20.0. The predicted octanol–water partition coefficient (Wildman–Crippen LogP) is 25.1. The lowest BCUT2D eigenvalue weighted by molar-refractivity contribution is 0.372. The van der Waals surface area contributed by atoms with Crippen LogP contribution in [0.2, 0.25) is 0 Å². The average molecular weight is 1400 g/mol. The smallest absolute Gasteiger partial charge is 0.135 e. The quantitative estimate of drug-likeness (QED) is 0.0531. The molecule has 0 spiro atoms. The van der Waals surface area contributed by atoms with Gasteiger partial charge in [0, 0.05) is 99.1 Å². The normalized spacial score (nSPS) is 18.1. The van der Waals surface area contributed by atoms with E-state index in [0.717, 1.165) is 83.2 Å². The summed E-state index contributed by atoms with van der Waals surface area (Å²) in [7, 11) is 0. The molecule has 98 heavy (non-hydrogen) atoms. The van der Waals surface area contributed by atoms with E-state index in [2.05, 4.69) is 271 Å². The Kier molecular flexibility index (Phi) is 26.2. The largest absolute Gasteiger partial charge is 0.507 e. The average Bonchev–Trinajstić information content (AvgIpc) is 0.774. The number of rotatable bonds is 21. The van der Waals surface area contributed by atoms with Crippen LogP contribution in [-0.2, 0) is 55.5 Å². The maximum atomic E-state index is 12.8. The van der Waals surface area contributed by atoms with Crippen LogP contribution >= 0.6 is 47.0 Å². The molecule has 2 aliphatic rings. The number of phenols is 4. The van der Waals surface area contributed by atoms with Crippen LogP contribution in [0.4, 0.5) is 0 Å². The molecule has 2 fully saturated rings. The van der Waals surface area contributed by atoms with Gasteiger partial charge < -0.3 is 20.4 Å². The molecular weight excluding hydrogens is 1270 g/mol. The number of hydrogen-bond donors (Lipinski definition) is 4. The van der Waals surface area contributed by atoms with Gasteiger partial charge in [-0.3, -0.25) is 0 Å². The first kappa shape index (κ1) is 78.8. The zero-order valence-electron chi connectivity index (χ0n) is 63.9. The molecule has 0 saturated heterocycles. The van der Waals surface area contributed by atoms with Crippen LogP contribution in [0.25, 0.3) is 0 Å². The van der Waals surface area contributed by atoms with Crippen LogP contribution in [0.3, 0.4) is 0 Å². The molecule has 2 unspecified atom stereocenters. The van der Waals surface area contributed by atoms with E-state index in [9.17, 15) is 20.4 Å². The van der Waals surface area contributed by atoms with Gasteiger partial charge >= 0.3 is 0 Å². The summed E-state index contributed by atoms with van der Waals surface area (Å²) in [6, 6.07) is 39.3. The molecule has 4 atom stereocenters. The van der Waals surface area contributed by atoms with Gasteiger partial charge in [0.2, 0.25) is 0 Å². The molecule has 0 radical (unpaired) electrons. The molecule has 2 saturated carbocycles. The van der Waals surface area contributed by atoms with Crippen molar-refractivity contribution in [2.24, 2.45) is 10.8 Å². The van der Waals surface area contributed by atoms with Crippen molar-refractivity contribution in [1.29, 1.82) is 0 Å². The molecule has 6 aromatic rings. The molecule has 0 heterocycles. The van der Waals surface area contributed by atoms with Gasteiger partial charge in [-0.2, -0.15) is 47.0 Å². The minimum Gasteiger partial charge on any atom is -0.507 e. The van der Waals surface area contributed by atoms with Crippen LogP contribution in [0.15, 0.2) is 109 Å². The molecule has 8 heteroatoms. The van der Waals surface area contributed by atoms with Crippen molar-refractivity contribution >= 4 is 47.0 Å². The molecular formula is C90H122O4S4. The Labute approximate surface area is 612 Å². The minimum atomic E-state index is -0.474. The third-order valence-corrected chi connectivity index (χ3v) is 27.2. The van der Waals surface area contributed by atoms with Crippen LogP contribution in [0, 0.1) is 34.5 Å². The third-order valence-electron chi connectivity index (χ3n) is 21.0. The highest BCUT2D eigenvalue weighted by atomic mass is 32.2. The zero-order valence-corrected chi connectivity index (χ0v) is 67.1. The number of phenolic OH excluding ortho intramolecular Hbond substituents is 4. The fourth-order valence-electron chi connectivity index (χ4n) is 13.8. The highest BCUT2D eigenvalue weighted by Crippen LogP contribution is 2.49. The Hall–Kier alpha value is -4.96. The maximum Gasteiger partial charge on any atom is 0.135 e. The lowest BCUT2D eigenvalue weighted by Gasteiger charge is -2.35. The van der Waals surface area contributed by atoms with Crippen molar-refractivity contribution in [2.75, 3.05) is 0 Å². The second-order valence-corrected chi connectivity index (χ2v) is 40.2. The zero-order chi connectivity index (χ0) is 71.8. The van der Waals surface area contributed by atoms with E-state index in [0.29, 0.717) is 66.8 Å². The second kappa shape index (κ2) is 32.6. The first-order valence-electron chi connectivity index (χ1n) is 36.9. The summed E-state index contributed by atoms with van der Waals surface area (Å²) in [5.74, 6) is 18.0. The van der Waals surface area contributed by atoms with Gasteiger partial charge in [-0.05, 0) is 147 Å². The Morgan fingerprint density at radius 1 is 0.327 bits per heavy atom. The summed E-state index contributed by atoms with van der Waals surface area (Å²) in [6.45, 7) is 44.8. The summed E-state index contributed by atoms with van der Waals surface area (Å²) in [5, 5.41) is 50.9. The van der Waals surface area contributed by atoms with Crippen LogP contribution < -0.4 is 0 Å². The lowest BCUT2D eigenvalue weighted by Crippen LogP contribution is -2.26. The molecule has 530 valence electrons. The van der Waals surface area contributed by atoms with E-state index in [1.807, 2.05) is 47.0 Å². The summed E-state index contributed by atoms with van der Waals surface area (Å²) in [5.41, 5.74) is 12.5. The van der Waals surface area contributed by atoms with Gasteiger partial charge in [0.25, 0.3) is 0 Å². The first-order chi connectivity index (χ1) is 45.7. The molecule has 0 amide bonds. The Morgan fingerprint density at radius 3 is 0.918 bits per heavy atom. The van der Waals surface area contributed by atoms with Crippen molar-refractivity contribution in [3.05, 3.63) is 187 Å². The minimum absolute atomic E-state index is 0.0902. The van der Waals surface area contributed by atoms with Gasteiger partial charge in [-0.1, -0.05) is 269 Å². The topological polar surface area (TPSA) is 80.9 Å².